The number of nitrogens with zero attached hydrogens (tertiary/aromatic N) is 1. The van der Waals surface area contributed by atoms with Crippen LogP contribution < -0.4 is 5.32 Å². The van der Waals surface area contributed by atoms with Gasteiger partial charge in [0.2, 0.25) is 11.8 Å². The molecule has 2 amide bonds. The summed E-state index contributed by atoms with van der Waals surface area (Å²) in [6.07, 6.45) is 4.39. The number of amides is 2. The maximum Gasteiger partial charge on any atom is 0.312 e. The van der Waals surface area contributed by atoms with Crippen molar-refractivity contribution in [1.82, 2.24) is 10.2 Å². The average Bonchev–Trinajstić information content (AvgIpc) is 3.22. The summed E-state index contributed by atoms with van der Waals surface area (Å²) in [5.41, 5.74) is -1.76. The van der Waals surface area contributed by atoms with Crippen molar-refractivity contribution in [3.8, 4) is 0 Å². The van der Waals surface area contributed by atoms with Gasteiger partial charge < -0.3 is 24.8 Å². The molecule has 3 saturated heterocycles. The summed E-state index contributed by atoms with van der Waals surface area (Å²) in [7, 11) is 0. The molecule has 0 saturated carbocycles. The number of fused-ring (bicyclic) bond motifs is 1. The van der Waals surface area contributed by atoms with Gasteiger partial charge >= 0.3 is 5.97 Å². The number of hydrogen-bond acceptors (Lipinski definition) is 6. The lowest BCUT2D eigenvalue weighted by molar-refractivity contribution is -0.159. The minimum absolute atomic E-state index is 0.0653. The molecule has 3 fully saturated rings. The van der Waals surface area contributed by atoms with E-state index in [1.807, 2.05) is 20.8 Å². The quantitative estimate of drug-likeness (QED) is 0.406. The van der Waals surface area contributed by atoms with Gasteiger partial charge in [-0.2, -0.15) is 0 Å². The Morgan fingerprint density at radius 2 is 1.97 bits per heavy atom. The normalized spacial score (nSPS) is 34.5. The number of esters is 1. The van der Waals surface area contributed by atoms with Crippen molar-refractivity contribution in [1.29, 1.82) is 0 Å². The third-order valence-corrected chi connectivity index (χ3v) is 6.80. The molecule has 0 radical (unpaired) electrons. The highest BCUT2D eigenvalue weighted by molar-refractivity contribution is 5.98. The van der Waals surface area contributed by atoms with Gasteiger partial charge in [0.25, 0.3) is 0 Å². The van der Waals surface area contributed by atoms with Gasteiger partial charge in [-0.1, -0.05) is 12.8 Å². The van der Waals surface area contributed by atoms with Crippen LogP contribution in [-0.4, -0.2) is 70.8 Å². The molecule has 0 aromatic carbocycles. The monoisotopic (exact) mass is 424 g/mol. The molecule has 2 unspecified atom stereocenters. The Hall–Kier alpha value is -1.67. The lowest BCUT2D eigenvalue weighted by Gasteiger charge is -2.34. The second-order valence-electron chi connectivity index (χ2n) is 9.31. The molecular formula is C22H36N2O6. The Labute approximate surface area is 178 Å². The Kier molecular flexibility index (Phi) is 6.77. The van der Waals surface area contributed by atoms with E-state index in [0.717, 1.165) is 25.7 Å². The number of ether oxygens (including phenoxy) is 2. The molecule has 8 nitrogen and oxygen atoms in total. The largest absolute Gasteiger partial charge is 0.466 e. The van der Waals surface area contributed by atoms with E-state index in [-0.39, 0.29) is 31.1 Å². The van der Waals surface area contributed by atoms with Crippen molar-refractivity contribution >= 4 is 17.8 Å². The molecule has 5 atom stereocenters. The van der Waals surface area contributed by atoms with E-state index < -0.39 is 35.0 Å². The predicted octanol–water partition coefficient (Wildman–Crippen LogP) is 1.39. The molecule has 1 spiro atoms. The number of hydrogen-bond donors (Lipinski definition) is 2. The van der Waals surface area contributed by atoms with Gasteiger partial charge in [0.05, 0.1) is 18.1 Å². The van der Waals surface area contributed by atoms with Crippen LogP contribution in [0.25, 0.3) is 0 Å². The van der Waals surface area contributed by atoms with Crippen molar-refractivity contribution in [2.24, 2.45) is 11.8 Å². The van der Waals surface area contributed by atoms with Crippen LogP contribution in [0.4, 0.5) is 0 Å². The molecule has 8 heteroatoms. The van der Waals surface area contributed by atoms with Gasteiger partial charge in [-0.05, 0) is 53.4 Å². The van der Waals surface area contributed by atoms with Crippen molar-refractivity contribution < 1.29 is 29.0 Å². The van der Waals surface area contributed by atoms with Crippen LogP contribution in [0.15, 0.2) is 0 Å². The highest BCUT2D eigenvalue weighted by atomic mass is 16.6. The fraction of sp³-hybridized carbons (Fsp3) is 0.864. The summed E-state index contributed by atoms with van der Waals surface area (Å²) in [4.78, 5) is 41.3. The number of aliphatic hydroxyl groups excluding tert-OH is 1. The van der Waals surface area contributed by atoms with E-state index in [1.165, 1.54) is 0 Å². The van der Waals surface area contributed by atoms with Crippen molar-refractivity contribution in [3.63, 3.8) is 0 Å². The maximum atomic E-state index is 13.6. The highest BCUT2D eigenvalue weighted by Gasteiger charge is 2.78. The fourth-order valence-corrected chi connectivity index (χ4v) is 5.67. The molecule has 2 bridgehead atoms. The first-order valence-corrected chi connectivity index (χ1v) is 11.3. The van der Waals surface area contributed by atoms with Crippen LogP contribution >= 0.6 is 0 Å². The van der Waals surface area contributed by atoms with Crippen LogP contribution in [0.1, 0.15) is 66.2 Å². The first kappa shape index (κ1) is 23.0. The summed E-state index contributed by atoms with van der Waals surface area (Å²) in [6, 6.07) is -0.805. The van der Waals surface area contributed by atoms with Crippen LogP contribution in [0.3, 0.4) is 0 Å². The van der Waals surface area contributed by atoms with Crippen molar-refractivity contribution in [2.75, 3.05) is 19.8 Å². The summed E-state index contributed by atoms with van der Waals surface area (Å²) in [6.45, 7) is 8.22. The zero-order chi connectivity index (χ0) is 22.1. The number of carbonyl (C=O) groups is 3. The second kappa shape index (κ2) is 8.83. The molecule has 3 aliphatic heterocycles. The third-order valence-electron chi connectivity index (χ3n) is 6.80. The van der Waals surface area contributed by atoms with E-state index in [2.05, 4.69) is 5.32 Å². The molecule has 0 aromatic rings. The summed E-state index contributed by atoms with van der Waals surface area (Å²) >= 11 is 0. The van der Waals surface area contributed by atoms with Gasteiger partial charge in [0.15, 0.2) is 0 Å². The minimum atomic E-state index is -0.979. The summed E-state index contributed by atoms with van der Waals surface area (Å²) in [5.74, 6) is -2.18. The van der Waals surface area contributed by atoms with Crippen LogP contribution in [0, 0.1) is 11.8 Å². The van der Waals surface area contributed by atoms with Crippen molar-refractivity contribution in [3.05, 3.63) is 0 Å². The summed E-state index contributed by atoms with van der Waals surface area (Å²) in [5, 5.41) is 11.9. The van der Waals surface area contributed by atoms with Gasteiger partial charge in [-0.15, -0.1) is 0 Å². The third kappa shape index (κ3) is 3.73. The topological polar surface area (TPSA) is 105 Å². The van der Waals surface area contributed by atoms with E-state index in [1.54, 1.807) is 11.8 Å². The fourth-order valence-electron chi connectivity index (χ4n) is 5.67. The Morgan fingerprint density at radius 1 is 1.27 bits per heavy atom. The second-order valence-corrected chi connectivity index (χ2v) is 9.31. The van der Waals surface area contributed by atoms with Crippen LogP contribution in [0.2, 0.25) is 0 Å². The highest BCUT2D eigenvalue weighted by Crippen LogP contribution is 2.63. The molecule has 3 rings (SSSR count). The smallest absolute Gasteiger partial charge is 0.312 e. The van der Waals surface area contributed by atoms with E-state index in [9.17, 15) is 14.4 Å². The van der Waals surface area contributed by atoms with Gasteiger partial charge in [-0.3, -0.25) is 14.4 Å². The number of nitrogens with one attached hydrogen (secondary N) is 1. The lowest BCUT2D eigenvalue weighted by Crippen LogP contribution is -2.56. The molecule has 30 heavy (non-hydrogen) atoms. The Balaban J connectivity index is 1.90. The molecule has 170 valence electrons. The number of unbranched alkanes of at least 4 members (excludes halogenated alkanes) is 3. The molecular weight excluding hydrogens is 388 g/mol. The standard InChI is InChI=1S/C22H36N2O6/c1-5-29-20(28)16-15-19(27)24(12-8-6-7-9-13-25)17(18(26)23-14(2)3)22(15)11-10-21(16,4)30-22/h14-17,25H,5-13H2,1-4H3,(H,23,26)/t15-,16+,17?,21-,22?/m0/s1. The number of aliphatic hydroxyl groups is 1. The van der Waals surface area contributed by atoms with Crippen molar-refractivity contribution in [2.45, 2.75) is 89.5 Å². The number of carbonyl (C=O) groups excluding carboxylic acids is 3. The van der Waals surface area contributed by atoms with Crippen LogP contribution in [0.5, 0.6) is 0 Å². The Bertz CT molecular complexity index is 683. The van der Waals surface area contributed by atoms with Gasteiger partial charge in [0, 0.05) is 19.2 Å². The first-order valence-electron chi connectivity index (χ1n) is 11.3. The zero-order valence-corrected chi connectivity index (χ0v) is 18.6. The zero-order valence-electron chi connectivity index (χ0n) is 18.6. The molecule has 2 N–H and O–H groups in total. The molecule has 0 aromatic heterocycles. The van der Waals surface area contributed by atoms with Gasteiger partial charge in [-0.25, -0.2) is 0 Å². The maximum absolute atomic E-state index is 13.6. The number of rotatable bonds is 10. The predicted molar refractivity (Wildman–Crippen MR) is 109 cm³/mol. The average molecular weight is 425 g/mol. The first-order chi connectivity index (χ1) is 14.2. The SMILES string of the molecule is CCOC(=O)[C@H]1[C@H]2C(=O)N(CCCCCCO)C(C(=O)NC(C)C)C23CC[C@]1(C)O3. The summed E-state index contributed by atoms with van der Waals surface area (Å²) < 4.78 is 11.8. The number of likely N-dealkylation sites (tertiary alicyclic amines) is 1. The Morgan fingerprint density at radius 3 is 2.60 bits per heavy atom. The van der Waals surface area contributed by atoms with Gasteiger partial charge in [0.1, 0.15) is 17.6 Å². The van der Waals surface area contributed by atoms with Crippen LogP contribution in [-0.2, 0) is 23.9 Å². The molecule has 3 aliphatic rings. The lowest BCUT2D eigenvalue weighted by atomic mass is 9.66. The minimum Gasteiger partial charge on any atom is -0.466 e. The molecule has 0 aliphatic carbocycles. The van der Waals surface area contributed by atoms with E-state index >= 15 is 0 Å². The van der Waals surface area contributed by atoms with E-state index in [4.69, 9.17) is 14.6 Å². The molecule has 3 heterocycles. The van der Waals surface area contributed by atoms with E-state index in [0.29, 0.717) is 19.4 Å².